The highest BCUT2D eigenvalue weighted by molar-refractivity contribution is 6.21. The molecule has 0 saturated carbocycles. The van der Waals surface area contributed by atoms with Crippen LogP contribution < -0.4 is 9.73 Å². The van der Waals surface area contributed by atoms with Crippen LogP contribution in [0.2, 0.25) is 0 Å². The molecule has 0 saturated heterocycles. The standard InChI is InChI=1S/C16H15NO/c1-3-18-14-10-8-12-6-4-5-11-7-9-13(17-2)16(14)15(11)12/h4-10H,3H2,1-2H3/p+1. The number of allylic oxidation sites excluding steroid dienone is 1. The highest BCUT2D eigenvalue weighted by atomic mass is 16.5. The minimum Gasteiger partial charge on any atom is -0.493 e. The minimum absolute atomic E-state index is 0.682. The van der Waals surface area contributed by atoms with Crippen LogP contribution in [0.1, 0.15) is 18.1 Å². The predicted molar refractivity (Wildman–Crippen MR) is 75.1 cm³/mol. The molecule has 0 unspecified atom stereocenters. The predicted octanol–water partition coefficient (Wildman–Crippen LogP) is 1.76. The van der Waals surface area contributed by atoms with Gasteiger partial charge in [0, 0.05) is 11.5 Å². The van der Waals surface area contributed by atoms with Gasteiger partial charge in [-0.1, -0.05) is 24.3 Å². The zero-order valence-electron chi connectivity index (χ0n) is 10.7. The van der Waals surface area contributed by atoms with Gasteiger partial charge < -0.3 is 4.74 Å². The smallest absolute Gasteiger partial charge is 0.209 e. The van der Waals surface area contributed by atoms with Gasteiger partial charge >= 0.3 is 0 Å². The monoisotopic (exact) mass is 238 g/mol. The quantitative estimate of drug-likeness (QED) is 0.846. The molecular formula is C16H16NO+. The zero-order chi connectivity index (χ0) is 12.5. The van der Waals surface area contributed by atoms with Crippen molar-refractivity contribution in [3.05, 3.63) is 47.5 Å². The van der Waals surface area contributed by atoms with Gasteiger partial charge in [-0.3, -0.25) is 0 Å². The van der Waals surface area contributed by atoms with Crippen LogP contribution in [0.3, 0.4) is 0 Å². The van der Waals surface area contributed by atoms with Gasteiger partial charge in [-0.25, -0.2) is 4.99 Å². The first-order chi connectivity index (χ1) is 8.85. The Balaban J connectivity index is 2.41. The molecule has 0 spiro atoms. The molecule has 90 valence electrons. The van der Waals surface area contributed by atoms with Gasteiger partial charge in [-0.05, 0) is 30.0 Å². The lowest BCUT2D eigenvalue weighted by Crippen LogP contribution is -2.67. The van der Waals surface area contributed by atoms with E-state index in [4.69, 9.17) is 4.74 Å². The van der Waals surface area contributed by atoms with Gasteiger partial charge in [0.05, 0.1) is 12.2 Å². The summed E-state index contributed by atoms with van der Waals surface area (Å²) >= 11 is 0. The first-order valence-corrected chi connectivity index (χ1v) is 6.27. The van der Waals surface area contributed by atoms with E-state index >= 15 is 0 Å². The zero-order valence-corrected chi connectivity index (χ0v) is 10.7. The summed E-state index contributed by atoms with van der Waals surface area (Å²) in [6, 6.07) is 10.6. The summed E-state index contributed by atoms with van der Waals surface area (Å²) in [6.07, 6.45) is 4.26. The molecular weight excluding hydrogens is 222 g/mol. The third-order valence-electron chi connectivity index (χ3n) is 3.31. The summed E-state index contributed by atoms with van der Waals surface area (Å²) in [5.74, 6) is 0.950. The van der Waals surface area contributed by atoms with E-state index in [-0.39, 0.29) is 0 Å². The van der Waals surface area contributed by atoms with Gasteiger partial charge in [-0.15, -0.1) is 0 Å². The van der Waals surface area contributed by atoms with E-state index in [0.29, 0.717) is 6.61 Å². The minimum atomic E-state index is 0.682. The molecule has 0 fully saturated rings. The summed E-state index contributed by atoms with van der Waals surface area (Å²) < 4.78 is 5.76. The average molecular weight is 238 g/mol. The highest BCUT2D eigenvalue weighted by Gasteiger charge is 2.21. The number of hydrogen-bond acceptors (Lipinski definition) is 1. The average Bonchev–Trinajstić information content (AvgIpc) is 2.42. The van der Waals surface area contributed by atoms with Crippen LogP contribution >= 0.6 is 0 Å². The second kappa shape index (κ2) is 4.30. The third kappa shape index (κ3) is 1.53. The van der Waals surface area contributed by atoms with Crippen molar-refractivity contribution in [3.8, 4) is 5.75 Å². The van der Waals surface area contributed by atoms with Crippen molar-refractivity contribution in [2.45, 2.75) is 6.92 Å². The molecule has 0 atom stereocenters. The Morgan fingerprint density at radius 1 is 1.11 bits per heavy atom. The lowest BCUT2D eigenvalue weighted by molar-refractivity contribution is -0.418. The Morgan fingerprint density at radius 3 is 2.78 bits per heavy atom. The second-order valence-corrected chi connectivity index (χ2v) is 4.31. The molecule has 3 rings (SSSR count). The number of hydrogen-bond donors (Lipinski definition) is 1. The van der Waals surface area contributed by atoms with Crippen molar-refractivity contribution in [1.29, 1.82) is 0 Å². The molecule has 0 amide bonds. The molecule has 0 aliphatic heterocycles. The van der Waals surface area contributed by atoms with Crippen molar-refractivity contribution in [2.75, 3.05) is 13.7 Å². The molecule has 2 heteroatoms. The van der Waals surface area contributed by atoms with Crippen molar-refractivity contribution in [2.24, 2.45) is 0 Å². The molecule has 2 aromatic carbocycles. The van der Waals surface area contributed by atoms with Gasteiger partial charge in [-0.2, -0.15) is 0 Å². The summed E-state index contributed by atoms with van der Waals surface area (Å²) in [5.41, 5.74) is 3.54. The van der Waals surface area contributed by atoms with E-state index in [2.05, 4.69) is 47.5 Å². The molecule has 1 N–H and O–H groups in total. The van der Waals surface area contributed by atoms with Gasteiger partial charge in [0.15, 0.2) is 0 Å². The largest absolute Gasteiger partial charge is 0.493 e. The Kier molecular flexibility index (Phi) is 2.63. The van der Waals surface area contributed by atoms with Crippen molar-refractivity contribution >= 4 is 22.6 Å². The third-order valence-corrected chi connectivity index (χ3v) is 3.31. The molecule has 18 heavy (non-hydrogen) atoms. The van der Waals surface area contributed by atoms with E-state index in [0.717, 1.165) is 11.5 Å². The van der Waals surface area contributed by atoms with Crippen molar-refractivity contribution < 1.29 is 9.73 Å². The Hall–Kier alpha value is -2.09. The normalized spacial score (nSPS) is 15.3. The van der Waals surface area contributed by atoms with Gasteiger partial charge in [0.1, 0.15) is 12.8 Å². The van der Waals surface area contributed by atoms with E-state index in [1.807, 2.05) is 14.0 Å². The maximum atomic E-state index is 5.76. The molecule has 0 heterocycles. The molecule has 0 bridgehead atoms. The maximum absolute atomic E-state index is 5.76. The van der Waals surface area contributed by atoms with E-state index in [1.165, 1.54) is 21.9 Å². The fraction of sp³-hybridized carbons (Fsp3) is 0.188. The van der Waals surface area contributed by atoms with Crippen LogP contribution in [0.5, 0.6) is 5.75 Å². The van der Waals surface area contributed by atoms with Crippen molar-refractivity contribution in [3.63, 3.8) is 0 Å². The lowest BCUT2D eigenvalue weighted by atomic mass is 9.91. The lowest BCUT2D eigenvalue weighted by Gasteiger charge is -2.15. The second-order valence-electron chi connectivity index (χ2n) is 4.31. The fourth-order valence-electron chi connectivity index (χ4n) is 2.54. The topological polar surface area (TPSA) is 23.2 Å². The van der Waals surface area contributed by atoms with E-state index in [1.54, 1.807) is 0 Å². The molecule has 2 aromatic rings. The first-order valence-electron chi connectivity index (χ1n) is 6.27. The molecule has 0 aromatic heterocycles. The van der Waals surface area contributed by atoms with Crippen LogP contribution in [0.15, 0.2) is 36.4 Å². The van der Waals surface area contributed by atoms with Crippen LogP contribution in [0.25, 0.3) is 16.8 Å². The number of nitrogens with one attached hydrogen (secondary N) is 1. The van der Waals surface area contributed by atoms with Gasteiger partial charge in [0.25, 0.3) is 0 Å². The number of ether oxygens (including phenoxy) is 1. The molecule has 0 radical (unpaired) electrons. The summed E-state index contributed by atoms with van der Waals surface area (Å²) in [4.78, 5) is 3.25. The van der Waals surface area contributed by atoms with Crippen LogP contribution in [0.4, 0.5) is 0 Å². The van der Waals surface area contributed by atoms with Crippen molar-refractivity contribution in [1.82, 2.24) is 0 Å². The van der Waals surface area contributed by atoms with E-state index in [9.17, 15) is 0 Å². The fourth-order valence-corrected chi connectivity index (χ4v) is 2.54. The SMILES string of the molecule is CCOc1ccc2cccc3c2c1C(=[NH+]C)C=C3. The first kappa shape index (κ1) is 11.0. The maximum Gasteiger partial charge on any atom is 0.209 e. The van der Waals surface area contributed by atoms with E-state index < -0.39 is 0 Å². The number of rotatable bonds is 2. The molecule has 1 aliphatic rings. The number of benzene rings is 2. The summed E-state index contributed by atoms with van der Waals surface area (Å²) in [7, 11) is 1.95. The van der Waals surface area contributed by atoms with Crippen LogP contribution in [0, 0.1) is 0 Å². The highest BCUT2D eigenvalue weighted by Crippen LogP contribution is 2.34. The Labute approximate surface area is 107 Å². The summed E-state index contributed by atoms with van der Waals surface area (Å²) in [6.45, 7) is 2.70. The van der Waals surface area contributed by atoms with Gasteiger partial charge in [0.2, 0.25) is 5.71 Å². The molecule has 1 aliphatic carbocycles. The summed E-state index contributed by atoms with van der Waals surface area (Å²) in [5, 5.41) is 2.53. The Morgan fingerprint density at radius 2 is 2.00 bits per heavy atom. The molecule has 2 nitrogen and oxygen atoms in total. The van der Waals surface area contributed by atoms with Crippen LogP contribution in [-0.2, 0) is 0 Å². The Bertz CT molecular complexity index is 668. The van der Waals surface area contributed by atoms with Crippen LogP contribution in [-0.4, -0.2) is 19.4 Å².